The van der Waals surface area contributed by atoms with Crippen LogP contribution in [0.2, 0.25) is 0 Å². The molecule has 0 radical (unpaired) electrons. The van der Waals surface area contributed by atoms with Crippen LogP contribution >= 0.6 is 0 Å². The van der Waals surface area contributed by atoms with Crippen LogP contribution in [-0.4, -0.2) is 32.1 Å². The number of nitrogens with one attached hydrogen (secondary N) is 2. The molecular weight excluding hydrogens is 438 g/mol. The third-order valence-electron chi connectivity index (χ3n) is 6.81. The van der Waals surface area contributed by atoms with Gasteiger partial charge in [0.1, 0.15) is 11.2 Å². The molecule has 4 N–H and O–H groups in total. The van der Waals surface area contributed by atoms with Crippen molar-refractivity contribution < 1.29 is 19.4 Å². The van der Waals surface area contributed by atoms with Crippen molar-refractivity contribution in [2.75, 3.05) is 7.11 Å². The number of pyridine rings is 1. The summed E-state index contributed by atoms with van der Waals surface area (Å²) in [5.41, 5.74) is 2.39. The van der Waals surface area contributed by atoms with Crippen LogP contribution in [0.3, 0.4) is 0 Å². The summed E-state index contributed by atoms with van der Waals surface area (Å²) in [6.07, 6.45) is 5.27. The molecule has 174 valence electrons. The summed E-state index contributed by atoms with van der Waals surface area (Å²) in [5.74, 6) is -0.717. The lowest BCUT2D eigenvalue weighted by Crippen LogP contribution is -2.16. The number of benzene rings is 2. The van der Waals surface area contributed by atoms with Crippen molar-refractivity contribution in [3.05, 3.63) is 50.9 Å². The number of hydrogen-bond donors (Lipinski definition) is 4. The van der Waals surface area contributed by atoms with Crippen molar-refractivity contribution in [2.24, 2.45) is 0 Å². The van der Waals surface area contributed by atoms with E-state index in [1.54, 1.807) is 12.1 Å². The predicted octanol–water partition coefficient (Wildman–Crippen LogP) is 4.51. The van der Waals surface area contributed by atoms with Gasteiger partial charge in [0, 0.05) is 17.0 Å². The van der Waals surface area contributed by atoms with Crippen molar-refractivity contribution in [1.82, 2.24) is 14.8 Å². The molecule has 0 unspecified atom stereocenters. The first-order valence-corrected chi connectivity index (χ1v) is 11.3. The number of methoxy groups -OCH3 is 1. The molecule has 3 heterocycles. The highest BCUT2D eigenvalue weighted by molar-refractivity contribution is 6.14. The van der Waals surface area contributed by atoms with E-state index < -0.39 is 5.75 Å². The Morgan fingerprint density at radius 3 is 2.65 bits per heavy atom. The fraction of sp³-hybridized carbons (Fsp3) is 0.280. The third-order valence-corrected chi connectivity index (χ3v) is 6.81. The molecule has 9 heteroatoms. The number of fused-ring (bicyclic) bond motifs is 4. The number of aromatic hydroxyl groups is 2. The average Bonchev–Trinajstić information content (AvgIpc) is 3.36. The summed E-state index contributed by atoms with van der Waals surface area (Å²) in [7, 11) is 1.38. The van der Waals surface area contributed by atoms with Gasteiger partial charge in [-0.1, -0.05) is 19.3 Å². The maximum absolute atomic E-state index is 13.3. The molecule has 1 aliphatic rings. The molecule has 3 aromatic heterocycles. The lowest BCUT2D eigenvalue weighted by atomic mass is 9.95. The van der Waals surface area contributed by atoms with Gasteiger partial charge in [0.2, 0.25) is 5.75 Å². The van der Waals surface area contributed by atoms with Crippen molar-refractivity contribution in [3.63, 3.8) is 0 Å². The lowest BCUT2D eigenvalue weighted by molar-refractivity contribution is 0.335. The van der Waals surface area contributed by atoms with E-state index in [0.29, 0.717) is 44.2 Å². The van der Waals surface area contributed by atoms with Gasteiger partial charge in [0.15, 0.2) is 22.5 Å². The Bertz CT molecular complexity index is 1700. The summed E-state index contributed by atoms with van der Waals surface area (Å²) < 4.78 is 13.2. The Morgan fingerprint density at radius 2 is 1.88 bits per heavy atom. The van der Waals surface area contributed by atoms with E-state index in [-0.39, 0.29) is 28.5 Å². The van der Waals surface area contributed by atoms with E-state index >= 15 is 0 Å². The average molecular weight is 461 g/mol. The van der Waals surface area contributed by atoms with Gasteiger partial charge in [0.05, 0.1) is 24.1 Å². The van der Waals surface area contributed by atoms with Crippen molar-refractivity contribution in [3.8, 4) is 28.4 Å². The smallest absolute Gasteiger partial charge is 0.274 e. The van der Waals surface area contributed by atoms with Crippen LogP contribution in [0.5, 0.6) is 17.2 Å². The Morgan fingerprint density at radius 1 is 1.09 bits per heavy atom. The van der Waals surface area contributed by atoms with Crippen molar-refractivity contribution >= 4 is 33.1 Å². The molecule has 9 nitrogen and oxygen atoms in total. The number of aromatic amines is 2. The highest BCUT2D eigenvalue weighted by Crippen LogP contribution is 2.44. The largest absolute Gasteiger partial charge is 0.504 e. The number of nitrogens with zero attached hydrogens (tertiary/aromatic N) is 1. The molecule has 6 rings (SSSR count). The molecule has 5 aromatic rings. The molecule has 34 heavy (non-hydrogen) atoms. The van der Waals surface area contributed by atoms with Crippen LogP contribution in [0.1, 0.15) is 38.1 Å². The van der Waals surface area contributed by atoms with Crippen LogP contribution in [-0.2, 0) is 0 Å². The van der Waals surface area contributed by atoms with E-state index in [4.69, 9.17) is 9.15 Å². The van der Waals surface area contributed by atoms with E-state index in [1.165, 1.54) is 31.7 Å². The van der Waals surface area contributed by atoms with E-state index in [2.05, 4.69) is 10.1 Å². The Labute approximate surface area is 192 Å². The molecule has 1 fully saturated rings. The molecule has 2 aromatic carbocycles. The minimum atomic E-state index is -0.393. The van der Waals surface area contributed by atoms with Gasteiger partial charge >= 0.3 is 0 Å². The third kappa shape index (κ3) is 2.93. The van der Waals surface area contributed by atoms with E-state index in [9.17, 15) is 19.8 Å². The highest BCUT2D eigenvalue weighted by atomic mass is 16.5. The van der Waals surface area contributed by atoms with Crippen LogP contribution in [0.15, 0.2) is 44.3 Å². The number of furan rings is 1. The molecule has 0 aliphatic heterocycles. The second kappa shape index (κ2) is 7.44. The number of rotatable bonds is 3. The van der Waals surface area contributed by atoms with Crippen LogP contribution in [0.4, 0.5) is 0 Å². The normalized spacial score (nSPS) is 15.0. The fourth-order valence-electron chi connectivity index (χ4n) is 5.19. The molecule has 0 spiro atoms. The minimum Gasteiger partial charge on any atom is -0.504 e. The van der Waals surface area contributed by atoms with Crippen LogP contribution < -0.4 is 15.7 Å². The first-order valence-electron chi connectivity index (χ1n) is 11.3. The van der Waals surface area contributed by atoms with Gasteiger partial charge in [-0.3, -0.25) is 19.4 Å². The maximum atomic E-state index is 13.3. The Kier molecular flexibility index (Phi) is 4.48. The summed E-state index contributed by atoms with van der Waals surface area (Å²) in [6.45, 7) is 0. The number of phenols is 2. The standard InChI is InChI=1S/C25H23N3O6/c1-33-18-10-12(9-16(30)22(18)31)19-20-24(28(27-25(20)32)13-5-3-2-4-6-13)26-21-15-8-7-14(29)11-17(15)34-23(19)21/h7-11,13,26,30-31H,2-6H2,1H3,(H,27,32). The van der Waals surface area contributed by atoms with Gasteiger partial charge in [-0.05, 0) is 42.7 Å². The van der Waals surface area contributed by atoms with E-state index in [0.717, 1.165) is 25.7 Å². The summed E-state index contributed by atoms with van der Waals surface area (Å²) in [4.78, 5) is 28.7. The van der Waals surface area contributed by atoms with Crippen molar-refractivity contribution in [2.45, 2.75) is 38.1 Å². The lowest BCUT2D eigenvalue weighted by Gasteiger charge is -2.23. The number of phenolic OH excluding ortho intramolecular Hbond substituents is 2. The minimum absolute atomic E-state index is 0.0604. The van der Waals surface area contributed by atoms with Gasteiger partial charge < -0.3 is 24.4 Å². The van der Waals surface area contributed by atoms with E-state index in [1.807, 2.05) is 4.68 Å². The quantitative estimate of drug-likeness (QED) is 0.292. The molecule has 1 aliphatic carbocycles. The molecular formula is C25H23N3O6. The summed E-state index contributed by atoms with van der Waals surface area (Å²) in [5, 5.41) is 24.6. The second-order valence-electron chi connectivity index (χ2n) is 8.84. The number of ether oxygens (including phenoxy) is 1. The zero-order valence-electron chi connectivity index (χ0n) is 18.5. The SMILES string of the molecule is COc1cc(-c2c3oc4cc(=O)ccc4c3[nH]c3c2c(=O)[nH]n3C2CCCCC2)cc(O)c1O. The molecule has 0 bridgehead atoms. The van der Waals surface area contributed by atoms with Crippen LogP contribution in [0.25, 0.3) is 44.2 Å². The van der Waals surface area contributed by atoms with Gasteiger partial charge in [-0.15, -0.1) is 0 Å². The zero-order chi connectivity index (χ0) is 23.6. The first kappa shape index (κ1) is 20.5. The number of hydrogen-bond acceptors (Lipinski definition) is 6. The molecule has 1 saturated carbocycles. The van der Waals surface area contributed by atoms with Gasteiger partial charge in [-0.25, -0.2) is 0 Å². The Balaban J connectivity index is 1.78. The first-order chi connectivity index (χ1) is 16.5. The fourth-order valence-corrected chi connectivity index (χ4v) is 5.19. The molecule has 0 atom stereocenters. The molecule has 0 amide bonds. The summed E-state index contributed by atoms with van der Waals surface area (Å²) >= 11 is 0. The molecule has 0 saturated heterocycles. The Hall–Kier alpha value is -4.14. The highest BCUT2D eigenvalue weighted by Gasteiger charge is 2.26. The summed E-state index contributed by atoms with van der Waals surface area (Å²) in [6, 6.07) is 7.64. The predicted molar refractivity (Wildman–Crippen MR) is 128 cm³/mol. The zero-order valence-corrected chi connectivity index (χ0v) is 18.5. The van der Waals surface area contributed by atoms with Gasteiger partial charge in [-0.2, -0.15) is 0 Å². The maximum Gasteiger partial charge on any atom is 0.274 e. The topological polar surface area (TPSA) is 133 Å². The van der Waals surface area contributed by atoms with Crippen LogP contribution in [0, 0.1) is 0 Å². The monoisotopic (exact) mass is 461 g/mol. The number of aromatic nitrogens is 3. The second-order valence-corrected chi connectivity index (χ2v) is 8.84. The van der Waals surface area contributed by atoms with Gasteiger partial charge in [0.25, 0.3) is 5.56 Å². The van der Waals surface area contributed by atoms with Crippen molar-refractivity contribution in [1.29, 1.82) is 0 Å². The number of H-pyrrole nitrogens is 2.